The zero-order chi connectivity index (χ0) is 24.8. The molecule has 4 rings (SSSR count). The van der Waals surface area contributed by atoms with Crippen LogP contribution in [0.4, 0.5) is 10.1 Å². The Morgan fingerprint density at radius 3 is 2.40 bits per heavy atom. The first-order valence-corrected chi connectivity index (χ1v) is 11.9. The van der Waals surface area contributed by atoms with Crippen LogP contribution in [0.25, 0.3) is 0 Å². The number of halogens is 1. The minimum atomic E-state index is -1.30. The third-order valence-electron chi connectivity index (χ3n) is 6.29. The Morgan fingerprint density at radius 2 is 1.71 bits per heavy atom. The van der Waals surface area contributed by atoms with Crippen LogP contribution in [-0.2, 0) is 4.79 Å². The van der Waals surface area contributed by atoms with Crippen molar-refractivity contribution in [2.75, 3.05) is 4.90 Å². The van der Waals surface area contributed by atoms with Gasteiger partial charge in [-0.1, -0.05) is 55.7 Å². The van der Waals surface area contributed by atoms with Gasteiger partial charge < -0.3 is 5.32 Å². The lowest BCUT2D eigenvalue weighted by Crippen LogP contribution is -2.47. The van der Waals surface area contributed by atoms with Crippen molar-refractivity contribution >= 4 is 23.3 Å². The molecule has 1 N–H and O–H groups in total. The number of hydrogen-bond donors (Lipinski definition) is 1. The van der Waals surface area contributed by atoms with E-state index in [-0.39, 0.29) is 23.1 Å². The number of benzene rings is 2. The maximum absolute atomic E-state index is 15.1. The molecule has 7 heteroatoms. The van der Waals surface area contributed by atoms with Crippen LogP contribution < -0.4 is 10.2 Å². The Labute approximate surface area is 204 Å². The molecule has 0 unspecified atom stereocenters. The van der Waals surface area contributed by atoms with Gasteiger partial charge in [0.15, 0.2) is 5.78 Å². The highest BCUT2D eigenvalue weighted by Gasteiger charge is 2.36. The van der Waals surface area contributed by atoms with E-state index >= 15 is 4.39 Å². The van der Waals surface area contributed by atoms with E-state index in [9.17, 15) is 14.4 Å². The molecule has 180 valence electrons. The van der Waals surface area contributed by atoms with Crippen LogP contribution in [0.5, 0.6) is 0 Å². The molecule has 1 saturated carbocycles. The molecule has 1 fully saturated rings. The summed E-state index contributed by atoms with van der Waals surface area (Å²) in [5, 5.41) is 3.05. The normalized spacial score (nSPS) is 14.7. The molecule has 0 bridgehead atoms. The third-order valence-corrected chi connectivity index (χ3v) is 6.29. The first-order chi connectivity index (χ1) is 17.0. The summed E-state index contributed by atoms with van der Waals surface area (Å²) >= 11 is 0. The lowest BCUT2D eigenvalue weighted by Gasteiger charge is -2.33. The Balaban J connectivity index is 1.85. The molecular weight excluding hydrogens is 445 g/mol. The molecule has 2 aromatic carbocycles. The van der Waals surface area contributed by atoms with Gasteiger partial charge >= 0.3 is 0 Å². The molecule has 2 amide bonds. The summed E-state index contributed by atoms with van der Waals surface area (Å²) in [5.41, 5.74) is 0.854. The van der Waals surface area contributed by atoms with Crippen molar-refractivity contribution in [3.8, 4) is 0 Å². The number of hydrogen-bond acceptors (Lipinski definition) is 4. The van der Waals surface area contributed by atoms with Crippen LogP contribution in [0.1, 0.15) is 71.5 Å². The van der Waals surface area contributed by atoms with Crippen molar-refractivity contribution in [3.63, 3.8) is 0 Å². The molecule has 3 aromatic rings. The molecular formula is C28H28FN3O3. The average Bonchev–Trinajstić information content (AvgIpc) is 2.88. The maximum atomic E-state index is 15.1. The monoisotopic (exact) mass is 473 g/mol. The largest absolute Gasteiger partial charge is 0.351 e. The van der Waals surface area contributed by atoms with Crippen LogP contribution in [0.3, 0.4) is 0 Å². The van der Waals surface area contributed by atoms with E-state index in [4.69, 9.17) is 0 Å². The molecule has 0 aliphatic heterocycles. The summed E-state index contributed by atoms with van der Waals surface area (Å²) < 4.78 is 15.1. The van der Waals surface area contributed by atoms with E-state index in [1.54, 1.807) is 48.5 Å². The lowest BCUT2D eigenvalue weighted by atomic mass is 9.94. The van der Waals surface area contributed by atoms with Gasteiger partial charge in [0.25, 0.3) is 5.91 Å². The van der Waals surface area contributed by atoms with E-state index in [1.165, 1.54) is 36.2 Å². The number of aromatic nitrogens is 1. The Kier molecular flexibility index (Phi) is 7.65. The van der Waals surface area contributed by atoms with Gasteiger partial charge in [0, 0.05) is 29.1 Å². The molecule has 0 saturated heterocycles. The number of pyridine rings is 1. The lowest BCUT2D eigenvalue weighted by molar-refractivity contribution is -0.123. The minimum Gasteiger partial charge on any atom is -0.351 e. The van der Waals surface area contributed by atoms with Crippen molar-refractivity contribution in [1.82, 2.24) is 10.3 Å². The summed E-state index contributed by atoms with van der Waals surface area (Å²) in [5.74, 6) is -1.83. The molecule has 0 spiro atoms. The van der Waals surface area contributed by atoms with Crippen LogP contribution in [0.15, 0.2) is 72.9 Å². The molecule has 35 heavy (non-hydrogen) atoms. The number of nitrogens with zero attached hydrogens (tertiary/aromatic N) is 2. The van der Waals surface area contributed by atoms with Crippen LogP contribution in [-0.4, -0.2) is 28.6 Å². The number of Topliss-reactive ketones (excluding diaryl/α,β-unsaturated/α-hetero) is 1. The van der Waals surface area contributed by atoms with Gasteiger partial charge in [-0.3, -0.25) is 24.3 Å². The van der Waals surface area contributed by atoms with Crippen molar-refractivity contribution in [1.29, 1.82) is 0 Å². The van der Waals surface area contributed by atoms with Gasteiger partial charge in [-0.25, -0.2) is 4.39 Å². The summed E-state index contributed by atoms with van der Waals surface area (Å²) in [6.45, 7) is 1.42. The molecule has 0 radical (unpaired) electrons. The van der Waals surface area contributed by atoms with Crippen molar-refractivity contribution in [2.45, 2.75) is 51.1 Å². The maximum Gasteiger partial charge on any atom is 0.277 e. The van der Waals surface area contributed by atoms with Crippen LogP contribution in [0, 0.1) is 5.82 Å². The van der Waals surface area contributed by atoms with Crippen LogP contribution >= 0.6 is 0 Å². The second-order valence-electron chi connectivity index (χ2n) is 8.76. The number of anilines is 1. The number of ketones is 1. The van der Waals surface area contributed by atoms with E-state index < -0.39 is 23.7 Å². The fourth-order valence-corrected chi connectivity index (χ4v) is 4.49. The number of carbonyl (C=O) groups excluding carboxylic acids is 3. The van der Waals surface area contributed by atoms with E-state index in [1.807, 2.05) is 0 Å². The number of carbonyl (C=O) groups is 3. The highest BCUT2D eigenvalue weighted by atomic mass is 19.1. The van der Waals surface area contributed by atoms with Gasteiger partial charge in [-0.05, 0) is 50.1 Å². The SMILES string of the molecule is CC(=O)c1cccc(N(C(=O)c2ccccn2)[C@@H](C(=O)NC2CCCCC2)c2ccccc2F)c1. The number of amides is 2. The van der Waals surface area contributed by atoms with E-state index in [2.05, 4.69) is 10.3 Å². The second-order valence-corrected chi connectivity index (χ2v) is 8.76. The number of rotatable bonds is 7. The first kappa shape index (κ1) is 24.3. The summed E-state index contributed by atoms with van der Waals surface area (Å²) in [6.07, 6.45) is 6.29. The summed E-state index contributed by atoms with van der Waals surface area (Å²) in [7, 11) is 0. The Morgan fingerprint density at radius 1 is 0.971 bits per heavy atom. The molecule has 1 atom stereocenters. The average molecular weight is 474 g/mol. The van der Waals surface area contributed by atoms with Gasteiger partial charge in [-0.15, -0.1) is 0 Å². The highest BCUT2D eigenvalue weighted by molar-refractivity contribution is 6.09. The summed E-state index contributed by atoms with van der Waals surface area (Å²) in [6, 6.07) is 16.0. The second kappa shape index (κ2) is 11.0. The predicted molar refractivity (Wildman–Crippen MR) is 132 cm³/mol. The fraction of sp³-hybridized carbons (Fsp3) is 0.286. The third kappa shape index (κ3) is 5.62. The zero-order valence-electron chi connectivity index (χ0n) is 19.6. The van der Waals surface area contributed by atoms with E-state index in [0.717, 1.165) is 32.1 Å². The van der Waals surface area contributed by atoms with Crippen molar-refractivity contribution < 1.29 is 18.8 Å². The summed E-state index contributed by atoms with van der Waals surface area (Å²) in [4.78, 5) is 45.1. The van der Waals surface area contributed by atoms with Crippen molar-refractivity contribution in [2.24, 2.45) is 0 Å². The predicted octanol–water partition coefficient (Wildman–Crippen LogP) is 5.26. The van der Waals surface area contributed by atoms with Crippen LogP contribution in [0.2, 0.25) is 0 Å². The fourth-order valence-electron chi connectivity index (χ4n) is 4.49. The zero-order valence-corrected chi connectivity index (χ0v) is 19.6. The number of nitrogens with one attached hydrogen (secondary N) is 1. The molecule has 6 nitrogen and oxygen atoms in total. The topological polar surface area (TPSA) is 79.4 Å². The quantitative estimate of drug-likeness (QED) is 0.475. The van der Waals surface area contributed by atoms with Gasteiger partial charge in [-0.2, -0.15) is 0 Å². The Bertz CT molecular complexity index is 1210. The molecule has 1 aromatic heterocycles. The van der Waals surface area contributed by atoms with Gasteiger partial charge in [0.2, 0.25) is 5.91 Å². The Hall–Kier alpha value is -3.87. The first-order valence-electron chi connectivity index (χ1n) is 11.9. The highest BCUT2D eigenvalue weighted by Crippen LogP contribution is 2.32. The van der Waals surface area contributed by atoms with Gasteiger partial charge in [0.05, 0.1) is 0 Å². The standard InChI is InChI=1S/C28H28FN3O3/c1-19(33)20-10-9-13-22(18-20)32(28(35)25-16-7-8-17-30-25)26(23-14-5-6-15-24(23)29)27(34)31-21-11-3-2-4-12-21/h5-10,13-18,21,26H,2-4,11-12H2,1H3,(H,31,34)/t26-/m1/s1. The molecule has 1 aliphatic carbocycles. The van der Waals surface area contributed by atoms with E-state index in [0.29, 0.717) is 11.3 Å². The van der Waals surface area contributed by atoms with Gasteiger partial charge in [0.1, 0.15) is 17.6 Å². The molecule has 1 heterocycles. The minimum absolute atomic E-state index is 0.0409. The molecule has 1 aliphatic rings. The smallest absolute Gasteiger partial charge is 0.277 e. The van der Waals surface area contributed by atoms with Crippen molar-refractivity contribution in [3.05, 3.63) is 95.6 Å².